The van der Waals surface area contributed by atoms with Crippen LogP contribution in [0.4, 0.5) is 5.69 Å². The molecule has 0 atom stereocenters. The molecule has 2 aromatic rings. The number of nitrogens with one attached hydrogen (secondary N) is 1. The molecule has 0 aliphatic heterocycles. The molecular weight excluding hydrogens is 322 g/mol. The monoisotopic (exact) mass is 337 g/mol. The standard InChI is InChI=1S/C16H17BrClN/c1-11(2)12-4-3-5-15(8-12)19-10-13-6-7-14(18)9-16(13)17/h3-9,11,19H,10H2,1-2H3. The topological polar surface area (TPSA) is 12.0 Å². The molecule has 2 rings (SSSR count). The summed E-state index contributed by atoms with van der Waals surface area (Å²) < 4.78 is 1.03. The third-order valence-electron chi connectivity index (χ3n) is 3.05. The van der Waals surface area contributed by atoms with Gasteiger partial charge in [0.1, 0.15) is 0 Å². The Labute approximate surface area is 128 Å². The summed E-state index contributed by atoms with van der Waals surface area (Å²) in [6.07, 6.45) is 0. The zero-order valence-electron chi connectivity index (χ0n) is 11.1. The van der Waals surface area contributed by atoms with E-state index in [1.54, 1.807) is 0 Å². The van der Waals surface area contributed by atoms with Gasteiger partial charge in [0.2, 0.25) is 0 Å². The summed E-state index contributed by atoms with van der Waals surface area (Å²) in [6.45, 7) is 5.18. The molecule has 0 unspecified atom stereocenters. The van der Waals surface area contributed by atoms with Crippen LogP contribution < -0.4 is 5.32 Å². The molecule has 0 saturated carbocycles. The molecule has 3 heteroatoms. The Morgan fingerprint density at radius 1 is 1.16 bits per heavy atom. The van der Waals surface area contributed by atoms with Gasteiger partial charge in [-0.3, -0.25) is 0 Å². The van der Waals surface area contributed by atoms with Crippen molar-refractivity contribution in [1.82, 2.24) is 0 Å². The molecule has 0 radical (unpaired) electrons. The van der Waals surface area contributed by atoms with Crippen molar-refractivity contribution in [1.29, 1.82) is 0 Å². The maximum Gasteiger partial charge on any atom is 0.0417 e. The Morgan fingerprint density at radius 3 is 2.63 bits per heavy atom. The molecule has 0 heterocycles. The van der Waals surface area contributed by atoms with Gasteiger partial charge < -0.3 is 5.32 Å². The second-order valence-corrected chi connectivity index (χ2v) is 6.16. The lowest BCUT2D eigenvalue weighted by molar-refractivity contribution is 0.866. The molecule has 0 aromatic heterocycles. The molecule has 100 valence electrons. The molecule has 0 saturated heterocycles. The lowest BCUT2D eigenvalue weighted by Crippen LogP contribution is -2.01. The van der Waals surface area contributed by atoms with Gasteiger partial charge in [0, 0.05) is 21.7 Å². The van der Waals surface area contributed by atoms with Crippen LogP contribution in [0.3, 0.4) is 0 Å². The maximum atomic E-state index is 5.94. The average Bonchev–Trinajstić information content (AvgIpc) is 2.38. The van der Waals surface area contributed by atoms with E-state index in [4.69, 9.17) is 11.6 Å². The molecule has 0 aliphatic carbocycles. The quantitative estimate of drug-likeness (QED) is 0.738. The van der Waals surface area contributed by atoms with Crippen LogP contribution in [-0.2, 0) is 6.54 Å². The van der Waals surface area contributed by atoms with Crippen molar-refractivity contribution in [2.24, 2.45) is 0 Å². The van der Waals surface area contributed by atoms with Crippen molar-refractivity contribution in [3.05, 3.63) is 63.1 Å². The van der Waals surface area contributed by atoms with Gasteiger partial charge in [-0.1, -0.05) is 59.6 Å². The fourth-order valence-corrected chi connectivity index (χ4v) is 2.69. The van der Waals surface area contributed by atoms with Crippen molar-refractivity contribution < 1.29 is 0 Å². The predicted molar refractivity (Wildman–Crippen MR) is 87.0 cm³/mol. The minimum Gasteiger partial charge on any atom is -0.381 e. The molecule has 0 aliphatic rings. The van der Waals surface area contributed by atoms with Gasteiger partial charge in [0.25, 0.3) is 0 Å². The summed E-state index contributed by atoms with van der Waals surface area (Å²) >= 11 is 9.47. The first-order valence-corrected chi connectivity index (χ1v) is 7.51. The van der Waals surface area contributed by atoms with Gasteiger partial charge in [-0.25, -0.2) is 0 Å². The van der Waals surface area contributed by atoms with E-state index in [0.29, 0.717) is 5.92 Å². The third kappa shape index (κ3) is 3.99. The number of hydrogen-bond donors (Lipinski definition) is 1. The Kier molecular flexibility index (Phi) is 4.89. The fourth-order valence-electron chi connectivity index (χ4n) is 1.87. The Hall–Kier alpha value is -0.990. The van der Waals surface area contributed by atoms with E-state index in [1.807, 2.05) is 18.2 Å². The SMILES string of the molecule is CC(C)c1cccc(NCc2ccc(Cl)cc2Br)c1. The molecule has 2 aromatic carbocycles. The van der Waals surface area contributed by atoms with E-state index in [9.17, 15) is 0 Å². The van der Waals surface area contributed by atoms with Crippen LogP contribution >= 0.6 is 27.5 Å². The van der Waals surface area contributed by atoms with Crippen molar-refractivity contribution in [2.45, 2.75) is 26.3 Å². The van der Waals surface area contributed by atoms with Crippen LogP contribution in [0, 0.1) is 0 Å². The Bertz CT molecular complexity index is 566. The van der Waals surface area contributed by atoms with E-state index in [-0.39, 0.29) is 0 Å². The lowest BCUT2D eigenvalue weighted by atomic mass is 10.0. The highest BCUT2D eigenvalue weighted by Gasteiger charge is 2.03. The largest absolute Gasteiger partial charge is 0.381 e. The van der Waals surface area contributed by atoms with Gasteiger partial charge in [0.15, 0.2) is 0 Å². The summed E-state index contributed by atoms with van der Waals surface area (Å²) in [5, 5.41) is 4.19. The summed E-state index contributed by atoms with van der Waals surface area (Å²) in [4.78, 5) is 0. The first kappa shape index (κ1) is 14.4. The predicted octanol–water partition coefficient (Wildman–Crippen LogP) is 5.84. The molecule has 0 spiro atoms. The highest BCUT2D eigenvalue weighted by molar-refractivity contribution is 9.10. The maximum absolute atomic E-state index is 5.94. The molecule has 0 bridgehead atoms. The zero-order chi connectivity index (χ0) is 13.8. The highest BCUT2D eigenvalue weighted by atomic mass is 79.9. The minimum absolute atomic E-state index is 0.545. The second kappa shape index (κ2) is 6.44. The number of halogens is 2. The summed E-state index contributed by atoms with van der Waals surface area (Å²) in [6, 6.07) is 14.4. The van der Waals surface area contributed by atoms with Crippen LogP contribution in [0.15, 0.2) is 46.9 Å². The first-order chi connectivity index (χ1) is 9.06. The van der Waals surface area contributed by atoms with Crippen LogP contribution in [0.1, 0.15) is 30.9 Å². The molecular formula is C16H17BrClN. The molecule has 0 amide bonds. The molecule has 19 heavy (non-hydrogen) atoms. The van der Waals surface area contributed by atoms with E-state index < -0.39 is 0 Å². The van der Waals surface area contributed by atoms with Crippen LogP contribution in [0.2, 0.25) is 5.02 Å². The van der Waals surface area contributed by atoms with Gasteiger partial charge in [-0.15, -0.1) is 0 Å². The van der Waals surface area contributed by atoms with Crippen molar-refractivity contribution in [3.8, 4) is 0 Å². The minimum atomic E-state index is 0.545. The molecule has 0 fully saturated rings. The van der Waals surface area contributed by atoms with Crippen molar-refractivity contribution in [3.63, 3.8) is 0 Å². The van der Waals surface area contributed by atoms with E-state index in [1.165, 1.54) is 11.1 Å². The smallest absolute Gasteiger partial charge is 0.0417 e. The first-order valence-electron chi connectivity index (χ1n) is 6.34. The van der Waals surface area contributed by atoms with Crippen LogP contribution in [0.25, 0.3) is 0 Å². The van der Waals surface area contributed by atoms with Gasteiger partial charge >= 0.3 is 0 Å². The van der Waals surface area contributed by atoms with E-state index in [0.717, 1.165) is 21.7 Å². The van der Waals surface area contributed by atoms with Crippen molar-refractivity contribution in [2.75, 3.05) is 5.32 Å². The van der Waals surface area contributed by atoms with Crippen molar-refractivity contribution >= 4 is 33.2 Å². The summed E-state index contributed by atoms with van der Waals surface area (Å²) in [7, 11) is 0. The number of hydrogen-bond acceptors (Lipinski definition) is 1. The second-order valence-electron chi connectivity index (χ2n) is 4.87. The summed E-state index contributed by atoms with van der Waals surface area (Å²) in [5.74, 6) is 0.545. The van der Waals surface area contributed by atoms with Gasteiger partial charge in [-0.05, 0) is 41.3 Å². The number of rotatable bonds is 4. The Morgan fingerprint density at radius 2 is 1.95 bits per heavy atom. The summed E-state index contributed by atoms with van der Waals surface area (Å²) in [5.41, 5.74) is 3.69. The Balaban J connectivity index is 2.08. The van der Waals surface area contributed by atoms with Gasteiger partial charge in [-0.2, -0.15) is 0 Å². The number of benzene rings is 2. The normalized spacial score (nSPS) is 10.8. The fraction of sp³-hybridized carbons (Fsp3) is 0.250. The zero-order valence-corrected chi connectivity index (χ0v) is 13.4. The van der Waals surface area contributed by atoms with E-state index in [2.05, 4.69) is 59.4 Å². The van der Waals surface area contributed by atoms with Crippen LogP contribution in [0.5, 0.6) is 0 Å². The number of anilines is 1. The van der Waals surface area contributed by atoms with Gasteiger partial charge in [0.05, 0.1) is 0 Å². The molecule has 1 nitrogen and oxygen atoms in total. The molecule has 1 N–H and O–H groups in total. The average molecular weight is 339 g/mol. The highest BCUT2D eigenvalue weighted by Crippen LogP contribution is 2.23. The van der Waals surface area contributed by atoms with E-state index >= 15 is 0 Å². The van der Waals surface area contributed by atoms with Crippen LogP contribution in [-0.4, -0.2) is 0 Å². The lowest BCUT2D eigenvalue weighted by Gasteiger charge is -2.11. The third-order valence-corrected chi connectivity index (χ3v) is 4.02.